The van der Waals surface area contributed by atoms with Gasteiger partial charge in [0, 0.05) is 18.3 Å². The van der Waals surface area contributed by atoms with E-state index in [4.69, 9.17) is 0 Å². The van der Waals surface area contributed by atoms with Crippen LogP contribution in [0, 0.1) is 22.7 Å². The van der Waals surface area contributed by atoms with Gasteiger partial charge in [-0.2, -0.15) is 10.5 Å². The van der Waals surface area contributed by atoms with Crippen LogP contribution in [-0.4, -0.2) is 32.7 Å². The Morgan fingerprint density at radius 1 is 1.06 bits per heavy atom. The van der Waals surface area contributed by atoms with Gasteiger partial charge in [-0.05, 0) is 29.2 Å². The molecule has 0 saturated heterocycles. The molecule has 0 radical (unpaired) electrons. The smallest absolute Gasteiger partial charge is 0.353 e. The molecule has 2 aromatic carbocycles. The number of rotatable bonds is 4. The predicted octanol–water partition coefficient (Wildman–Crippen LogP) is 4.36. The summed E-state index contributed by atoms with van der Waals surface area (Å²) in [6.45, 7) is 1.90. The zero-order valence-electron chi connectivity index (χ0n) is 17.8. The first-order valence-corrected chi connectivity index (χ1v) is 11.4. The number of benzene rings is 2. The van der Waals surface area contributed by atoms with Crippen LogP contribution in [-0.2, 0) is 24.6 Å². The molecule has 0 atom stereocenters. The van der Waals surface area contributed by atoms with Gasteiger partial charge in [-0.15, -0.1) is 0 Å². The average Bonchev–Trinajstić information content (AvgIpc) is 3.04. The molecule has 0 unspecified atom stereocenters. The van der Waals surface area contributed by atoms with Gasteiger partial charge in [0.15, 0.2) is 0 Å². The second kappa shape index (κ2) is 10.5. The fraction of sp³-hybridized carbons (Fsp3) is 0.208. The van der Waals surface area contributed by atoms with Crippen LogP contribution < -0.4 is 0 Å². The van der Waals surface area contributed by atoms with Crippen LogP contribution in [0.25, 0.3) is 22.3 Å². The molecule has 31 heavy (non-hydrogen) atoms. The van der Waals surface area contributed by atoms with Gasteiger partial charge < -0.3 is 14.2 Å². The lowest BCUT2D eigenvalue weighted by molar-refractivity contribution is 0.0687. The Bertz CT molecular complexity index is 1160. The van der Waals surface area contributed by atoms with Crippen LogP contribution in [0.1, 0.15) is 34.2 Å². The zero-order valence-corrected chi connectivity index (χ0v) is 18.7. The van der Waals surface area contributed by atoms with Crippen molar-refractivity contribution in [2.45, 2.75) is 13.3 Å². The Labute approximate surface area is 185 Å². The SMILES string of the molecule is CCc1c(C#N)c(-c2ccc(-c3ccccc3C#N)cc2)c(C(=O)O)n1C.C[S+](C)[O-]. The number of carbonyl (C=O) groups is 1. The number of carboxylic acid groups (broad SMARTS) is 1. The number of nitrogens with zero attached hydrogens (tertiary/aromatic N) is 3. The Balaban J connectivity index is 0.000000785. The minimum absolute atomic E-state index is 0.105. The second-order valence-electron chi connectivity index (χ2n) is 6.85. The maximum atomic E-state index is 11.8. The molecule has 0 amide bonds. The number of carboxylic acids is 1. The number of hydrogen-bond donors (Lipinski definition) is 1. The van der Waals surface area contributed by atoms with Gasteiger partial charge in [-0.1, -0.05) is 60.6 Å². The van der Waals surface area contributed by atoms with Crippen molar-refractivity contribution < 1.29 is 14.5 Å². The molecule has 0 bridgehead atoms. The molecule has 1 N–H and O–H groups in total. The highest BCUT2D eigenvalue weighted by molar-refractivity contribution is 7.89. The van der Waals surface area contributed by atoms with Gasteiger partial charge in [0.25, 0.3) is 0 Å². The molecule has 3 rings (SSSR count). The molecule has 0 spiro atoms. The molecule has 1 aromatic heterocycles. The van der Waals surface area contributed by atoms with Crippen molar-refractivity contribution in [2.24, 2.45) is 7.05 Å². The summed E-state index contributed by atoms with van der Waals surface area (Å²) >= 11 is -0.611. The van der Waals surface area contributed by atoms with Gasteiger partial charge in [0.2, 0.25) is 0 Å². The van der Waals surface area contributed by atoms with E-state index in [1.807, 2.05) is 37.3 Å². The summed E-state index contributed by atoms with van der Waals surface area (Å²) in [4.78, 5) is 11.8. The molecule has 0 aliphatic heterocycles. The molecule has 0 fully saturated rings. The van der Waals surface area contributed by atoms with Crippen LogP contribution in [0.2, 0.25) is 0 Å². The highest BCUT2D eigenvalue weighted by Crippen LogP contribution is 2.34. The topological polar surface area (TPSA) is 113 Å². The Hall–Kier alpha value is -3.52. The van der Waals surface area contributed by atoms with Gasteiger partial charge in [-0.25, -0.2) is 4.79 Å². The minimum Gasteiger partial charge on any atom is -0.617 e. The largest absolute Gasteiger partial charge is 0.617 e. The van der Waals surface area contributed by atoms with Crippen molar-refractivity contribution in [3.63, 3.8) is 0 Å². The van der Waals surface area contributed by atoms with Crippen LogP contribution in [0.3, 0.4) is 0 Å². The van der Waals surface area contributed by atoms with Crippen molar-refractivity contribution in [3.05, 3.63) is 71.0 Å². The quantitative estimate of drug-likeness (QED) is 0.614. The monoisotopic (exact) mass is 433 g/mol. The van der Waals surface area contributed by atoms with E-state index in [0.717, 1.165) is 11.1 Å². The number of aromatic carboxylic acids is 1. The number of hydrogen-bond acceptors (Lipinski definition) is 4. The second-order valence-corrected chi connectivity index (χ2v) is 8.33. The molecule has 158 valence electrons. The van der Waals surface area contributed by atoms with Crippen molar-refractivity contribution >= 4 is 17.1 Å². The minimum atomic E-state index is -1.07. The standard InChI is InChI=1S/C22H17N3O2.C2H6OS/c1-3-19-18(13-24)20(21(22(26)27)25(19)2)15-10-8-14(9-11-15)17-7-5-4-6-16(17)12-23;1-4(2)3/h4-11H,3H2,1-2H3,(H,26,27);1-2H3. The van der Waals surface area contributed by atoms with E-state index in [1.165, 1.54) is 0 Å². The lowest BCUT2D eigenvalue weighted by atomic mass is 9.95. The first kappa shape index (κ1) is 23.8. The first-order valence-electron chi connectivity index (χ1n) is 9.46. The maximum absolute atomic E-state index is 11.8. The van der Waals surface area contributed by atoms with Crippen LogP contribution in [0.4, 0.5) is 0 Å². The van der Waals surface area contributed by atoms with Gasteiger partial charge in [0.1, 0.15) is 11.8 Å². The normalized spacial score (nSPS) is 10.1. The molecule has 0 aliphatic rings. The Morgan fingerprint density at radius 3 is 2.10 bits per heavy atom. The van der Waals surface area contributed by atoms with E-state index in [-0.39, 0.29) is 5.69 Å². The average molecular weight is 434 g/mol. The van der Waals surface area contributed by atoms with Gasteiger partial charge >= 0.3 is 5.97 Å². The molecule has 0 aliphatic carbocycles. The summed E-state index contributed by atoms with van der Waals surface area (Å²) in [5.74, 6) is -1.07. The summed E-state index contributed by atoms with van der Waals surface area (Å²) in [5.41, 5.74) is 4.54. The first-order chi connectivity index (χ1) is 14.8. The summed E-state index contributed by atoms with van der Waals surface area (Å²) in [6.07, 6.45) is 3.84. The lowest BCUT2D eigenvalue weighted by Gasteiger charge is -2.07. The van der Waals surface area contributed by atoms with E-state index >= 15 is 0 Å². The van der Waals surface area contributed by atoms with Crippen molar-refractivity contribution in [1.29, 1.82) is 10.5 Å². The summed E-state index contributed by atoms with van der Waals surface area (Å²) < 4.78 is 11.1. The fourth-order valence-corrected chi connectivity index (χ4v) is 3.45. The number of aromatic nitrogens is 1. The molecular weight excluding hydrogens is 410 g/mol. The highest BCUT2D eigenvalue weighted by Gasteiger charge is 2.25. The van der Waals surface area contributed by atoms with Crippen molar-refractivity contribution in [2.75, 3.05) is 12.5 Å². The van der Waals surface area contributed by atoms with E-state index in [0.29, 0.717) is 34.4 Å². The van der Waals surface area contributed by atoms with Crippen LogP contribution in [0.15, 0.2) is 48.5 Å². The van der Waals surface area contributed by atoms with Crippen LogP contribution >= 0.6 is 0 Å². The lowest BCUT2D eigenvalue weighted by Crippen LogP contribution is -2.07. The molecule has 7 heteroatoms. The molecule has 0 saturated carbocycles. The van der Waals surface area contributed by atoms with E-state index in [9.17, 15) is 25.0 Å². The van der Waals surface area contributed by atoms with E-state index in [1.54, 1.807) is 42.3 Å². The third kappa shape index (κ3) is 5.16. The molecular formula is C24H23N3O3S. The van der Waals surface area contributed by atoms with E-state index < -0.39 is 17.1 Å². The van der Waals surface area contributed by atoms with Crippen molar-refractivity contribution in [3.8, 4) is 34.4 Å². The molecule has 1 heterocycles. The summed E-state index contributed by atoms with van der Waals surface area (Å²) in [6, 6.07) is 18.9. The summed E-state index contributed by atoms with van der Waals surface area (Å²) in [5, 5.41) is 28.6. The molecule has 6 nitrogen and oxygen atoms in total. The summed E-state index contributed by atoms with van der Waals surface area (Å²) in [7, 11) is 1.67. The Morgan fingerprint density at radius 2 is 1.61 bits per heavy atom. The highest BCUT2D eigenvalue weighted by atomic mass is 32.2. The number of nitriles is 2. The van der Waals surface area contributed by atoms with E-state index in [2.05, 4.69) is 12.1 Å². The fourth-order valence-electron chi connectivity index (χ4n) is 3.45. The maximum Gasteiger partial charge on any atom is 0.353 e. The third-order valence-electron chi connectivity index (χ3n) is 4.70. The molecule has 3 aromatic rings. The predicted molar refractivity (Wildman–Crippen MR) is 122 cm³/mol. The zero-order chi connectivity index (χ0) is 23.1. The van der Waals surface area contributed by atoms with Gasteiger partial charge in [0.05, 0.1) is 29.7 Å². The Kier molecular flexibility index (Phi) is 8.04. The van der Waals surface area contributed by atoms with Crippen LogP contribution in [0.5, 0.6) is 0 Å². The van der Waals surface area contributed by atoms with Gasteiger partial charge in [-0.3, -0.25) is 0 Å². The third-order valence-corrected chi connectivity index (χ3v) is 4.70. The van der Waals surface area contributed by atoms with Crippen molar-refractivity contribution in [1.82, 2.24) is 4.57 Å².